The molecule has 0 atom stereocenters. The van der Waals surface area contributed by atoms with Crippen LogP contribution < -0.4 is 16.8 Å². The molecule has 0 unspecified atom stereocenters. The Labute approximate surface area is 119 Å². The van der Waals surface area contributed by atoms with E-state index in [1.165, 1.54) is 0 Å². The van der Waals surface area contributed by atoms with Gasteiger partial charge in [0.05, 0.1) is 0 Å². The zero-order valence-corrected chi connectivity index (χ0v) is 11.9. The fraction of sp³-hybridized carbons (Fsp3) is 0.385. The molecule has 5 nitrogen and oxygen atoms in total. The highest BCUT2D eigenvalue weighted by Crippen LogP contribution is 2.13. The average Bonchev–Trinajstić information content (AvgIpc) is 2.27. The first-order valence-electron chi connectivity index (χ1n) is 5.77. The Kier molecular flexibility index (Phi) is 6.35. The summed E-state index contributed by atoms with van der Waals surface area (Å²) < 4.78 is 0. The van der Waals surface area contributed by atoms with Crippen LogP contribution in [0.25, 0.3) is 0 Å². The molecule has 0 aromatic heterocycles. The summed E-state index contributed by atoms with van der Waals surface area (Å²) in [5.74, 6) is -0.780. The fourth-order valence-electron chi connectivity index (χ4n) is 1.48. The van der Waals surface area contributed by atoms with Crippen molar-refractivity contribution in [3.8, 4) is 0 Å². The molecule has 0 fully saturated rings. The van der Waals surface area contributed by atoms with E-state index < -0.39 is 11.4 Å². The first-order chi connectivity index (χ1) is 8.33. The summed E-state index contributed by atoms with van der Waals surface area (Å²) in [5, 5.41) is 2.59. The van der Waals surface area contributed by atoms with E-state index in [4.69, 9.17) is 11.5 Å². The molecule has 0 spiro atoms. The van der Waals surface area contributed by atoms with Gasteiger partial charge in [-0.05, 0) is 31.9 Å². The van der Waals surface area contributed by atoms with Crippen molar-refractivity contribution >= 4 is 29.9 Å². The largest absolute Gasteiger partial charge is 0.399 e. The minimum atomic E-state index is -1.03. The van der Waals surface area contributed by atoms with Gasteiger partial charge in [0, 0.05) is 12.1 Å². The molecule has 106 valence electrons. The van der Waals surface area contributed by atoms with Gasteiger partial charge in [-0.25, -0.2) is 0 Å². The van der Waals surface area contributed by atoms with Gasteiger partial charge in [-0.15, -0.1) is 12.4 Å². The number of aryl methyl sites for hydroxylation is 1. The van der Waals surface area contributed by atoms with Crippen molar-refractivity contribution in [1.82, 2.24) is 5.32 Å². The maximum Gasteiger partial charge on any atom is 0.242 e. The Balaban J connectivity index is 0.00000324. The number of anilines is 1. The van der Waals surface area contributed by atoms with Crippen molar-refractivity contribution < 1.29 is 9.59 Å². The minimum Gasteiger partial charge on any atom is -0.399 e. The number of nitrogen functional groups attached to an aromatic ring is 1. The molecule has 0 heterocycles. The number of carbonyl (C=O) groups is 2. The average molecular weight is 286 g/mol. The predicted molar refractivity (Wildman–Crippen MR) is 77.8 cm³/mol. The number of hydrogen-bond acceptors (Lipinski definition) is 3. The molecular formula is C13H20ClN3O2. The van der Waals surface area contributed by atoms with Gasteiger partial charge in [-0.3, -0.25) is 9.59 Å². The molecule has 2 amide bonds. The highest BCUT2D eigenvalue weighted by atomic mass is 35.5. The number of para-hydroxylation sites is 1. The lowest BCUT2D eigenvalue weighted by molar-refractivity contribution is -0.130. The third-order valence-electron chi connectivity index (χ3n) is 2.74. The van der Waals surface area contributed by atoms with E-state index in [1.807, 2.05) is 18.2 Å². The summed E-state index contributed by atoms with van der Waals surface area (Å²) in [4.78, 5) is 22.8. The van der Waals surface area contributed by atoms with Crippen molar-refractivity contribution in [2.45, 2.75) is 32.2 Å². The van der Waals surface area contributed by atoms with Crippen LogP contribution in [0.15, 0.2) is 24.3 Å². The van der Waals surface area contributed by atoms with Gasteiger partial charge >= 0.3 is 0 Å². The Morgan fingerprint density at radius 2 is 1.84 bits per heavy atom. The number of hydrogen-bond donors (Lipinski definition) is 3. The normalized spacial score (nSPS) is 10.4. The molecule has 0 aliphatic heterocycles. The number of primary amides is 1. The van der Waals surface area contributed by atoms with Crippen LogP contribution in [0.3, 0.4) is 0 Å². The second-order valence-corrected chi connectivity index (χ2v) is 4.74. The van der Waals surface area contributed by atoms with E-state index in [0.717, 1.165) is 5.56 Å². The summed E-state index contributed by atoms with van der Waals surface area (Å²) in [6.45, 7) is 3.15. The lowest BCUT2D eigenvalue weighted by Gasteiger charge is -2.22. The van der Waals surface area contributed by atoms with Gasteiger partial charge in [-0.2, -0.15) is 0 Å². The van der Waals surface area contributed by atoms with E-state index in [1.54, 1.807) is 19.9 Å². The number of benzene rings is 1. The van der Waals surface area contributed by atoms with E-state index in [9.17, 15) is 9.59 Å². The summed E-state index contributed by atoms with van der Waals surface area (Å²) in [6, 6.07) is 7.38. The van der Waals surface area contributed by atoms with E-state index >= 15 is 0 Å². The number of amides is 2. The smallest absolute Gasteiger partial charge is 0.242 e. The third-order valence-corrected chi connectivity index (χ3v) is 2.74. The molecule has 1 rings (SSSR count). The van der Waals surface area contributed by atoms with Crippen LogP contribution in [0.1, 0.15) is 25.8 Å². The van der Waals surface area contributed by atoms with Gasteiger partial charge in [0.1, 0.15) is 5.54 Å². The Morgan fingerprint density at radius 1 is 1.26 bits per heavy atom. The van der Waals surface area contributed by atoms with Crippen molar-refractivity contribution in [3.05, 3.63) is 29.8 Å². The second kappa shape index (κ2) is 6.99. The first kappa shape index (κ1) is 17.2. The Morgan fingerprint density at radius 3 is 2.37 bits per heavy atom. The summed E-state index contributed by atoms with van der Waals surface area (Å²) in [5.41, 5.74) is 11.5. The van der Waals surface area contributed by atoms with Gasteiger partial charge in [0.15, 0.2) is 0 Å². The fourth-order valence-corrected chi connectivity index (χ4v) is 1.48. The third kappa shape index (κ3) is 5.18. The molecule has 0 aliphatic carbocycles. The van der Waals surface area contributed by atoms with Gasteiger partial charge in [-0.1, -0.05) is 18.2 Å². The number of halogens is 1. The number of nitrogens with two attached hydrogens (primary N) is 2. The molecule has 0 aliphatic rings. The zero-order chi connectivity index (χ0) is 13.8. The van der Waals surface area contributed by atoms with Crippen LogP contribution in [0.4, 0.5) is 5.69 Å². The number of rotatable bonds is 5. The quantitative estimate of drug-likeness (QED) is 0.704. The number of carbonyl (C=O) groups excluding carboxylic acids is 2. The van der Waals surface area contributed by atoms with Crippen molar-refractivity contribution in [1.29, 1.82) is 0 Å². The molecule has 1 aromatic rings. The Bertz CT molecular complexity index is 461. The van der Waals surface area contributed by atoms with E-state index in [0.29, 0.717) is 12.1 Å². The first-order valence-corrected chi connectivity index (χ1v) is 5.77. The zero-order valence-electron chi connectivity index (χ0n) is 11.1. The van der Waals surface area contributed by atoms with Crippen LogP contribution in [0.5, 0.6) is 0 Å². The molecule has 5 N–H and O–H groups in total. The van der Waals surface area contributed by atoms with Crippen molar-refractivity contribution in [2.75, 3.05) is 5.73 Å². The van der Waals surface area contributed by atoms with E-state index in [2.05, 4.69) is 5.32 Å². The van der Waals surface area contributed by atoms with Gasteiger partial charge < -0.3 is 16.8 Å². The van der Waals surface area contributed by atoms with Crippen LogP contribution in [-0.2, 0) is 16.0 Å². The van der Waals surface area contributed by atoms with Crippen LogP contribution >= 0.6 is 12.4 Å². The Hall–Kier alpha value is -1.75. The minimum absolute atomic E-state index is 0. The second-order valence-electron chi connectivity index (χ2n) is 4.74. The molecular weight excluding hydrogens is 266 g/mol. The highest BCUT2D eigenvalue weighted by molar-refractivity contribution is 5.89. The molecule has 0 radical (unpaired) electrons. The monoisotopic (exact) mass is 285 g/mol. The van der Waals surface area contributed by atoms with E-state index in [-0.39, 0.29) is 24.7 Å². The summed E-state index contributed by atoms with van der Waals surface area (Å²) in [6.07, 6.45) is 0.804. The van der Waals surface area contributed by atoms with Crippen LogP contribution in [0.2, 0.25) is 0 Å². The lowest BCUT2D eigenvalue weighted by atomic mass is 10.0. The standard InChI is InChI=1S/C13H19N3O2.ClH/c1-13(2,12(15)18)16-11(17)8-7-9-5-3-4-6-10(9)14;/h3-6H,7-8,14H2,1-2H3,(H2,15,18)(H,16,17);1H. The van der Waals surface area contributed by atoms with Gasteiger partial charge in [0.2, 0.25) is 11.8 Å². The molecule has 0 saturated carbocycles. The van der Waals surface area contributed by atoms with Gasteiger partial charge in [0.25, 0.3) is 0 Å². The summed E-state index contributed by atoms with van der Waals surface area (Å²) >= 11 is 0. The SMILES string of the molecule is CC(C)(NC(=O)CCc1ccccc1N)C(N)=O.Cl. The van der Waals surface area contributed by atoms with Crippen molar-refractivity contribution in [2.24, 2.45) is 5.73 Å². The number of nitrogens with one attached hydrogen (secondary N) is 1. The highest BCUT2D eigenvalue weighted by Gasteiger charge is 2.26. The molecule has 0 saturated heterocycles. The molecule has 0 bridgehead atoms. The maximum absolute atomic E-state index is 11.7. The van der Waals surface area contributed by atoms with Crippen LogP contribution in [0, 0.1) is 0 Å². The predicted octanol–water partition coefficient (Wildman–Crippen LogP) is 1.00. The summed E-state index contributed by atoms with van der Waals surface area (Å²) in [7, 11) is 0. The topological polar surface area (TPSA) is 98.2 Å². The molecule has 19 heavy (non-hydrogen) atoms. The maximum atomic E-state index is 11.7. The van der Waals surface area contributed by atoms with Crippen LogP contribution in [-0.4, -0.2) is 17.4 Å². The molecule has 1 aromatic carbocycles. The lowest BCUT2D eigenvalue weighted by Crippen LogP contribution is -2.53. The molecule has 6 heteroatoms. The van der Waals surface area contributed by atoms with Crippen molar-refractivity contribution in [3.63, 3.8) is 0 Å².